The summed E-state index contributed by atoms with van der Waals surface area (Å²) in [5, 5.41) is 0. The van der Waals surface area contributed by atoms with Crippen LogP contribution in [0.15, 0.2) is 12.4 Å². The van der Waals surface area contributed by atoms with Crippen LogP contribution in [0, 0.1) is 11.7 Å². The standard InChI is InChI=1S/C14H20FN3O2/c1-14(2,3)20-13(19)18-5-4-10(9-18)6-12-16-7-11(15)8-17-12/h7-8,10H,4-6,9H2,1-3H3. The molecule has 1 saturated heterocycles. The molecule has 1 atom stereocenters. The lowest BCUT2D eigenvalue weighted by atomic mass is 10.0. The zero-order valence-corrected chi connectivity index (χ0v) is 12.1. The molecule has 110 valence electrons. The topological polar surface area (TPSA) is 55.3 Å². The minimum Gasteiger partial charge on any atom is -0.444 e. The van der Waals surface area contributed by atoms with Gasteiger partial charge in [-0.3, -0.25) is 0 Å². The van der Waals surface area contributed by atoms with Gasteiger partial charge in [-0.2, -0.15) is 0 Å². The van der Waals surface area contributed by atoms with Crippen LogP contribution in [0.3, 0.4) is 0 Å². The van der Waals surface area contributed by atoms with Crippen LogP contribution in [0.5, 0.6) is 0 Å². The van der Waals surface area contributed by atoms with Gasteiger partial charge in [-0.05, 0) is 33.1 Å². The number of hydrogen-bond donors (Lipinski definition) is 0. The number of hydrogen-bond acceptors (Lipinski definition) is 4. The van der Waals surface area contributed by atoms with Gasteiger partial charge >= 0.3 is 6.09 Å². The fraction of sp³-hybridized carbons (Fsp3) is 0.643. The predicted molar refractivity (Wildman–Crippen MR) is 71.6 cm³/mol. The first-order valence-electron chi connectivity index (χ1n) is 6.78. The van der Waals surface area contributed by atoms with E-state index in [9.17, 15) is 9.18 Å². The molecular formula is C14H20FN3O2. The van der Waals surface area contributed by atoms with Crippen molar-refractivity contribution in [1.29, 1.82) is 0 Å². The first kappa shape index (κ1) is 14.7. The molecular weight excluding hydrogens is 261 g/mol. The van der Waals surface area contributed by atoms with Crippen molar-refractivity contribution in [3.8, 4) is 0 Å². The summed E-state index contributed by atoms with van der Waals surface area (Å²) in [4.78, 5) is 21.5. The van der Waals surface area contributed by atoms with Crippen LogP contribution in [0.1, 0.15) is 33.0 Å². The lowest BCUT2D eigenvalue weighted by molar-refractivity contribution is 0.0288. The van der Waals surface area contributed by atoms with Crippen LogP contribution in [0.25, 0.3) is 0 Å². The molecule has 1 unspecified atom stereocenters. The molecule has 20 heavy (non-hydrogen) atoms. The van der Waals surface area contributed by atoms with Gasteiger partial charge in [0.2, 0.25) is 0 Å². The molecule has 1 aromatic rings. The van der Waals surface area contributed by atoms with Crippen LogP contribution in [-0.4, -0.2) is 39.7 Å². The Kier molecular flexibility index (Phi) is 4.20. The molecule has 2 heterocycles. The fourth-order valence-corrected chi connectivity index (χ4v) is 2.19. The third kappa shape index (κ3) is 4.15. The Morgan fingerprint density at radius 3 is 2.70 bits per heavy atom. The van der Waals surface area contributed by atoms with Crippen molar-refractivity contribution >= 4 is 6.09 Å². The van der Waals surface area contributed by atoms with E-state index in [0.29, 0.717) is 31.3 Å². The predicted octanol–water partition coefficient (Wildman–Crippen LogP) is 2.42. The van der Waals surface area contributed by atoms with Crippen molar-refractivity contribution in [3.63, 3.8) is 0 Å². The van der Waals surface area contributed by atoms with Gasteiger partial charge in [-0.1, -0.05) is 0 Å². The zero-order chi connectivity index (χ0) is 14.8. The van der Waals surface area contributed by atoms with Crippen LogP contribution >= 0.6 is 0 Å². The Labute approximate surface area is 118 Å². The average Bonchev–Trinajstić information content (AvgIpc) is 2.79. The summed E-state index contributed by atoms with van der Waals surface area (Å²) in [6, 6.07) is 0. The van der Waals surface area contributed by atoms with Gasteiger partial charge in [-0.25, -0.2) is 19.2 Å². The van der Waals surface area contributed by atoms with Crippen LogP contribution < -0.4 is 0 Å². The molecule has 1 aliphatic rings. The average molecular weight is 281 g/mol. The van der Waals surface area contributed by atoms with E-state index in [0.717, 1.165) is 6.42 Å². The summed E-state index contributed by atoms with van der Waals surface area (Å²) in [5.41, 5.74) is -0.477. The Hall–Kier alpha value is -1.72. The highest BCUT2D eigenvalue weighted by Gasteiger charge is 2.30. The van der Waals surface area contributed by atoms with Crippen molar-refractivity contribution < 1.29 is 13.9 Å². The van der Waals surface area contributed by atoms with Crippen molar-refractivity contribution in [2.24, 2.45) is 5.92 Å². The molecule has 0 bridgehead atoms. The highest BCUT2D eigenvalue weighted by molar-refractivity contribution is 5.68. The molecule has 0 spiro atoms. The lowest BCUT2D eigenvalue weighted by Gasteiger charge is -2.24. The maximum atomic E-state index is 12.7. The molecule has 1 aliphatic heterocycles. The molecule has 0 N–H and O–H groups in total. The molecule has 0 aliphatic carbocycles. The number of rotatable bonds is 2. The molecule has 1 aromatic heterocycles. The van der Waals surface area contributed by atoms with E-state index in [4.69, 9.17) is 4.74 Å². The minimum absolute atomic E-state index is 0.278. The monoisotopic (exact) mass is 281 g/mol. The van der Waals surface area contributed by atoms with Crippen LogP contribution in [0.2, 0.25) is 0 Å². The van der Waals surface area contributed by atoms with Gasteiger partial charge in [0.25, 0.3) is 0 Å². The van der Waals surface area contributed by atoms with E-state index in [2.05, 4.69) is 9.97 Å². The third-order valence-corrected chi connectivity index (χ3v) is 3.08. The summed E-state index contributed by atoms with van der Waals surface area (Å²) < 4.78 is 18.1. The van der Waals surface area contributed by atoms with Crippen molar-refractivity contribution in [3.05, 3.63) is 24.0 Å². The fourth-order valence-electron chi connectivity index (χ4n) is 2.19. The normalized spacial score (nSPS) is 19.2. The molecule has 1 amide bonds. The van der Waals surface area contributed by atoms with Crippen LogP contribution in [-0.2, 0) is 11.2 Å². The SMILES string of the molecule is CC(C)(C)OC(=O)N1CCC(Cc2ncc(F)cn2)C1. The zero-order valence-electron chi connectivity index (χ0n) is 12.1. The number of aromatic nitrogens is 2. The third-order valence-electron chi connectivity index (χ3n) is 3.08. The van der Waals surface area contributed by atoms with E-state index >= 15 is 0 Å². The number of ether oxygens (including phenoxy) is 1. The second-order valence-corrected chi connectivity index (χ2v) is 6.10. The van der Waals surface area contributed by atoms with E-state index in [1.54, 1.807) is 4.90 Å². The summed E-state index contributed by atoms with van der Waals surface area (Å²) >= 11 is 0. The van der Waals surface area contributed by atoms with E-state index in [-0.39, 0.29) is 6.09 Å². The van der Waals surface area contributed by atoms with Crippen molar-refractivity contribution in [2.45, 2.75) is 39.2 Å². The Bertz CT molecular complexity index is 470. The Balaban J connectivity index is 1.86. The highest BCUT2D eigenvalue weighted by atomic mass is 19.1. The Morgan fingerprint density at radius 1 is 1.45 bits per heavy atom. The molecule has 0 aromatic carbocycles. The van der Waals surface area contributed by atoms with Gasteiger partial charge in [0.15, 0.2) is 5.82 Å². The smallest absolute Gasteiger partial charge is 0.410 e. The Morgan fingerprint density at radius 2 is 2.10 bits per heavy atom. The quantitative estimate of drug-likeness (QED) is 0.835. The maximum absolute atomic E-state index is 12.7. The van der Waals surface area contributed by atoms with E-state index < -0.39 is 11.4 Å². The molecule has 6 heteroatoms. The number of likely N-dealkylation sites (tertiary alicyclic amines) is 1. The molecule has 2 rings (SSSR count). The van der Waals surface area contributed by atoms with E-state index in [1.807, 2.05) is 20.8 Å². The van der Waals surface area contributed by atoms with Crippen molar-refractivity contribution in [2.75, 3.05) is 13.1 Å². The highest BCUT2D eigenvalue weighted by Crippen LogP contribution is 2.21. The molecule has 1 fully saturated rings. The first-order chi connectivity index (χ1) is 9.33. The minimum atomic E-state index is -0.477. The second-order valence-electron chi connectivity index (χ2n) is 6.10. The summed E-state index contributed by atoms with van der Waals surface area (Å²) in [6.07, 6.45) is 3.60. The number of amides is 1. The first-order valence-corrected chi connectivity index (χ1v) is 6.78. The summed E-state index contributed by atoms with van der Waals surface area (Å²) in [6.45, 7) is 6.87. The van der Waals surface area contributed by atoms with E-state index in [1.165, 1.54) is 12.4 Å². The van der Waals surface area contributed by atoms with Gasteiger partial charge in [0.1, 0.15) is 11.4 Å². The number of carbonyl (C=O) groups is 1. The van der Waals surface area contributed by atoms with Crippen LogP contribution in [0.4, 0.5) is 9.18 Å². The van der Waals surface area contributed by atoms with Gasteiger partial charge in [0, 0.05) is 19.5 Å². The number of halogens is 1. The summed E-state index contributed by atoms with van der Waals surface area (Å²) in [7, 11) is 0. The molecule has 0 saturated carbocycles. The number of nitrogens with zero attached hydrogens (tertiary/aromatic N) is 3. The maximum Gasteiger partial charge on any atom is 0.410 e. The van der Waals surface area contributed by atoms with Gasteiger partial charge in [-0.15, -0.1) is 0 Å². The molecule has 0 radical (unpaired) electrons. The largest absolute Gasteiger partial charge is 0.444 e. The molecule has 5 nitrogen and oxygen atoms in total. The van der Waals surface area contributed by atoms with Crippen molar-refractivity contribution in [1.82, 2.24) is 14.9 Å². The summed E-state index contributed by atoms with van der Waals surface area (Å²) in [5.74, 6) is 0.478. The number of carbonyl (C=O) groups excluding carboxylic acids is 1. The lowest BCUT2D eigenvalue weighted by Crippen LogP contribution is -2.35. The second kappa shape index (κ2) is 5.73. The van der Waals surface area contributed by atoms with Gasteiger partial charge in [0.05, 0.1) is 12.4 Å². The van der Waals surface area contributed by atoms with Gasteiger partial charge < -0.3 is 9.64 Å².